The first kappa shape index (κ1) is 18.0. The minimum atomic E-state index is -0.257. The van der Waals surface area contributed by atoms with E-state index in [4.69, 9.17) is 14.5 Å². The molecule has 0 saturated heterocycles. The average Bonchev–Trinajstić information content (AvgIpc) is 3.30. The third kappa shape index (κ3) is 3.64. The van der Waals surface area contributed by atoms with Crippen LogP contribution in [-0.2, 0) is 0 Å². The summed E-state index contributed by atoms with van der Waals surface area (Å²) in [6.45, 7) is 0. The van der Waals surface area contributed by atoms with Crippen molar-refractivity contribution in [3.05, 3.63) is 48.0 Å². The van der Waals surface area contributed by atoms with Crippen LogP contribution in [0.4, 0.5) is 5.69 Å². The van der Waals surface area contributed by atoms with Crippen LogP contribution in [0.1, 0.15) is 60.5 Å². The Morgan fingerprint density at radius 1 is 1.21 bits per heavy atom. The molecule has 7 heteroatoms. The molecule has 29 heavy (non-hydrogen) atoms. The summed E-state index contributed by atoms with van der Waals surface area (Å²) in [6.07, 6.45) is 12.3. The lowest BCUT2D eigenvalue weighted by molar-refractivity contribution is 0.101. The molecule has 150 valence electrons. The summed E-state index contributed by atoms with van der Waals surface area (Å²) in [5.74, 6) is 1.25. The van der Waals surface area contributed by atoms with E-state index in [9.17, 15) is 4.79 Å². The molecule has 0 atom stereocenters. The summed E-state index contributed by atoms with van der Waals surface area (Å²) >= 11 is 0. The third-order valence-electron chi connectivity index (χ3n) is 5.62. The molecule has 3 heterocycles. The van der Waals surface area contributed by atoms with Gasteiger partial charge in [0, 0.05) is 30.6 Å². The van der Waals surface area contributed by atoms with Gasteiger partial charge in [0.15, 0.2) is 0 Å². The fourth-order valence-corrected chi connectivity index (χ4v) is 3.90. The van der Waals surface area contributed by atoms with Crippen LogP contribution in [0.2, 0.25) is 0 Å². The van der Waals surface area contributed by atoms with Crippen molar-refractivity contribution in [2.75, 3.05) is 12.4 Å². The lowest BCUT2D eigenvalue weighted by atomic mass is 10.2. The second-order valence-corrected chi connectivity index (χ2v) is 7.80. The highest BCUT2D eigenvalue weighted by Gasteiger charge is 2.27. The van der Waals surface area contributed by atoms with E-state index in [0.29, 0.717) is 28.8 Å². The van der Waals surface area contributed by atoms with Crippen LogP contribution in [0.3, 0.4) is 0 Å². The zero-order valence-electron chi connectivity index (χ0n) is 16.4. The van der Waals surface area contributed by atoms with Crippen molar-refractivity contribution < 1.29 is 14.3 Å². The van der Waals surface area contributed by atoms with Gasteiger partial charge in [-0.3, -0.25) is 4.79 Å². The molecule has 0 bridgehead atoms. The van der Waals surface area contributed by atoms with Crippen molar-refractivity contribution in [2.24, 2.45) is 0 Å². The summed E-state index contributed by atoms with van der Waals surface area (Å²) in [7, 11) is 1.53. The molecule has 2 aliphatic carbocycles. The Bertz CT molecular complexity index is 1050. The summed E-state index contributed by atoms with van der Waals surface area (Å²) in [5, 5.41) is 2.91. The maximum Gasteiger partial charge on any atom is 0.261 e. The molecule has 2 fully saturated rings. The SMILES string of the molecule is COc1ncccc1NC(=O)c1cn2cc(C3CC3)nc2cc1OC1CCCC1. The Kier molecular flexibility index (Phi) is 4.58. The lowest BCUT2D eigenvalue weighted by Gasteiger charge is -2.17. The van der Waals surface area contributed by atoms with Gasteiger partial charge in [0.2, 0.25) is 5.88 Å². The van der Waals surface area contributed by atoms with E-state index in [1.165, 1.54) is 20.0 Å². The number of hydrogen-bond acceptors (Lipinski definition) is 5. The molecule has 0 spiro atoms. The number of imidazole rings is 1. The second kappa shape index (κ2) is 7.39. The fourth-order valence-electron chi connectivity index (χ4n) is 3.90. The molecule has 7 nitrogen and oxygen atoms in total. The molecule has 0 aliphatic heterocycles. The number of nitrogens with one attached hydrogen (secondary N) is 1. The molecule has 2 aliphatic rings. The number of pyridine rings is 2. The summed E-state index contributed by atoms with van der Waals surface area (Å²) in [4.78, 5) is 22.1. The number of carbonyl (C=O) groups is 1. The normalized spacial score (nSPS) is 16.9. The number of carbonyl (C=O) groups excluding carboxylic acids is 1. The molecule has 1 amide bonds. The highest BCUT2D eigenvalue weighted by molar-refractivity contribution is 6.06. The number of anilines is 1. The van der Waals surface area contributed by atoms with Gasteiger partial charge in [-0.15, -0.1) is 0 Å². The number of amides is 1. The van der Waals surface area contributed by atoms with Gasteiger partial charge in [0.25, 0.3) is 5.91 Å². The van der Waals surface area contributed by atoms with Gasteiger partial charge in [-0.2, -0.15) is 0 Å². The Hall–Kier alpha value is -3.09. The number of fused-ring (bicyclic) bond motifs is 1. The van der Waals surface area contributed by atoms with Crippen molar-refractivity contribution >= 4 is 17.2 Å². The Morgan fingerprint density at radius 3 is 2.79 bits per heavy atom. The minimum absolute atomic E-state index is 0.148. The number of hydrogen-bond donors (Lipinski definition) is 1. The lowest BCUT2D eigenvalue weighted by Crippen LogP contribution is -2.18. The van der Waals surface area contributed by atoms with Crippen molar-refractivity contribution in [1.29, 1.82) is 0 Å². The first-order valence-electron chi connectivity index (χ1n) is 10.2. The van der Waals surface area contributed by atoms with E-state index in [1.54, 1.807) is 18.3 Å². The van der Waals surface area contributed by atoms with Crippen LogP contribution in [0.25, 0.3) is 5.65 Å². The predicted molar refractivity (Wildman–Crippen MR) is 109 cm³/mol. The molecule has 5 rings (SSSR count). The quantitative estimate of drug-likeness (QED) is 0.681. The van der Waals surface area contributed by atoms with Gasteiger partial charge in [-0.25, -0.2) is 9.97 Å². The fraction of sp³-hybridized carbons (Fsp3) is 0.409. The van der Waals surface area contributed by atoms with Crippen LogP contribution in [0.15, 0.2) is 36.8 Å². The van der Waals surface area contributed by atoms with Crippen molar-refractivity contribution in [1.82, 2.24) is 14.4 Å². The van der Waals surface area contributed by atoms with Gasteiger partial charge in [0.1, 0.15) is 17.1 Å². The van der Waals surface area contributed by atoms with Gasteiger partial charge in [-0.1, -0.05) is 0 Å². The van der Waals surface area contributed by atoms with Crippen LogP contribution in [0, 0.1) is 0 Å². The van der Waals surface area contributed by atoms with E-state index in [-0.39, 0.29) is 12.0 Å². The molecule has 0 unspecified atom stereocenters. The molecule has 1 N–H and O–H groups in total. The zero-order valence-corrected chi connectivity index (χ0v) is 16.4. The summed E-state index contributed by atoms with van der Waals surface area (Å²) < 4.78 is 13.4. The van der Waals surface area contributed by atoms with Crippen molar-refractivity contribution in [3.63, 3.8) is 0 Å². The first-order valence-corrected chi connectivity index (χ1v) is 10.2. The third-order valence-corrected chi connectivity index (χ3v) is 5.62. The molecular weight excluding hydrogens is 368 g/mol. The van der Waals surface area contributed by atoms with E-state index in [0.717, 1.165) is 37.0 Å². The monoisotopic (exact) mass is 392 g/mol. The first-order chi connectivity index (χ1) is 14.2. The van der Waals surface area contributed by atoms with Gasteiger partial charge in [-0.05, 0) is 50.7 Å². The van der Waals surface area contributed by atoms with E-state index in [2.05, 4.69) is 10.3 Å². The number of rotatable bonds is 6. The van der Waals surface area contributed by atoms with Crippen molar-refractivity contribution in [2.45, 2.75) is 50.5 Å². The number of methoxy groups -OCH3 is 1. The standard InChI is InChI=1S/C22H24N4O3/c1-28-22-17(7-4-10-23-22)25-21(27)16-12-26-13-18(14-8-9-14)24-20(26)11-19(16)29-15-5-2-3-6-15/h4,7,10-15H,2-3,5-6,8-9H2,1H3,(H,25,27). The van der Waals surface area contributed by atoms with E-state index in [1.807, 2.05) is 22.9 Å². The minimum Gasteiger partial charge on any atom is -0.489 e. The zero-order chi connectivity index (χ0) is 19.8. The van der Waals surface area contributed by atoms with E-state index >= 15 is 0 Å². The molecule has 2 saturated carbocycles. The topological polar surface area (TPSA) is 77.8 Å². The second-order valence-electron chi connectivity index (χ2n) is 7.80. The Balaban J connectivity index is 1.51. The van der Waals surface area contributed by atoms with Gasteiger partial charge >= 0.3 is 0 Å². The largest absolute Gasteiger partial charge is 0.489 e. The molecule has 3 aromatic heterocycles. The molecule has 0 radical (unpaired) electrons. The number of aromatic nitrogens is 3. The summed E-state index contributed by atoms with van der Waals surface area (Å²) in [5.41, 5.74) is 2.91. The predicted octanol–water partition coefficient (Wildman–Crippen LogP) is 4.19. The molecule has 0 aromatic carbocycles. The van der Waals surface area contributed by atoms with Crippen LogP contribution in [-0.4, -0.2) is 33.5 Å². The van der Waals surface area contributed by atoms with E-state index < -0.39 is 0 Å². The molecule has 3 aromatic rings. The smallest absolute Gasteiger partial charge is 0.261 e. The van der Waals surface area contributed by atoms with Crippen molar-refractivity contribution in [3.8, 4) is 11.6 Å². The Morgan fingerprint density at radius 2 is 2.03 bits per heavy atom. The maximum atomic E-state index is 13.2. The van der Waals surface area contributed by atoms with Gasteiger partial charge in [0.05, 0.1) is 24.5 Å². The molecular formula is C22H24N4O3. The van der Waals surface area contributed by atoms with Crippen LogP contribution in [0.5, 0.6) is 11.6 Å². The number of ether oxygens (including phenoxy) is 2. The summed E-state index contributed by atoms with van der Waals surface area (Å²) in [6, 6.07) is 5.41. The highest BCUT2D eigenvalue weighted by Crippen LogP contribution is 2.40. The highest BCUT2D eigenvalue weighted by atomic mass is 16.5. The Labute approximate surface area is 169 Å². The maximum absolute atomic E-state index is 13.2. The number of nitrogens with zero attached hydrogens (tertiary/aromatic N) is 3. The van der Waals surface area contributed by atoms with Gasteiger partial charge < -0.3 is 19.2 Å². The van der Waals surface area contributed by atoms with Crippen LogP contribution < -0.4 is 14.8 Å². The average molecular weight is 392 g/mol. The van der Waals surface area contributed by atoms with Crippen LogP contribution >= 0.6 is 0 Å².